The van der Waals surface area contributed by atoms with Crippen molar-refractivity contribution in [1.29, 1.82) is 0 Å². The Kier molecular flexibility index (Phi) is 9.85. The van der Waals surface area contributed by atoms with Crippen molar-refractivity contribution in [2.75, 3.05) is 31.5 Å². The van der Waals surface area contributed by atoms with Gasteiger partial charge in [0.2, 0.25) is 11.8 Å². The van der Waals surface area contributed by atoms with Gasteiger partial charge in [-0.05, 0) is 66.2 Å². The van der Waals surface area contributed by atoms with Gasteiger partial charge in [-0.2, -0.15) is 0 Å². The van der Waals surface area contributed by atoms with E-state index in [2.05, 4.69) is 31.5 Å². The van der Waals surface area contributed by atoms with Gasteiger partial charge in [-0.15, -0.1) is 24.8 Å². The molecule has 0 radical (unpaired) electrons. The predicted octanol–water partition coefficient (Wildman–Crippen LogP) is 2.86. The number of carbonyl (C=O) groups excluding carboxylic acids is 2. The Hall–Kier alpha value is -0.890. The van der Waals surface area contributed by atoms with Crippen molar-refractivity contribution in [1.82, 2.24) is 15.2 Å². The van der Waals surface area contributed by atoms with E-state index in [4.69, 9.17) is 0 Å². The summed E-state index contributed by atoms with van der Waals surface area (Å²) in [7, 11) is 0. The molecule has 2 amide bonds. The summed E-state index contributed by atoms with van der Waals surface area (Å²) in [4.78, 5) is 30.7. The average molecular weight is 468 g/mol. The predicted molar refractivity (Wildman–Crippen MR) is 110 cm³/mol. The molecule has 3 rings (SSSR count). The van der Waals surface area contributed by atoms with Crippen molar-refractivity contribution < 1.29 is 9.59 Å². The fourth-order valence-electron chi connectivity index (χ4n) is 2.91. The average Bonchev–Trinajstić information content (AvgIpc) is 3.41. The lowest BCUT2D eigenvalue weighted by molar-refractivity contribution is -0.133. The van der Waals surface area contributed by atoms with Crippen LogP contribution >= 0.6 is 40.7 Å². The van der Waals surface area contributed by atoms with Gasteiger partial charge >= 0.3 is 0 Å². The Morgan fingerprint density at radius 1 is 1.23 bits per heavy atom. The van der Waals surface area contributed by atoms with Gasteiger partial charge in [-0.3, -0.25) is 9.59 Å². The third kappa shape index (κ3) is 7.02. The summed E-state index contributed by atoms with van der Waals surface area (Å²) in [5, 5.41) is 6.07. The zero-order valence-corrected chi connectivity index (χ0v) is 17.7. The quantitative estimate of drug-likeness (QED) is 0.674. The zero-order chi connectivity index (χ0) is 16.9. The maximum atomic E-state index is 12.4. The number of aromatic nitrogens is 1. The largest absolute Gasteiger partial charge is 0.341 e. The van der Waals surface area contributed by atoms with E-state index in [9.17, 15) is 9.59 Å². The molecule has 1 saturated carbocycles. The Bertz CT molecular complexity index is 599. The minimum atomic E-state index is -0.170. The molecule has 0 spiro atoms. The number of amides is 2. The van der Waals surface area contributed by atoms with Crippen molar-refractivity contribution in [3.8, 4) is 0 Å². The molecule has 1 unspecified atom stereocenters. The van der Waals surface area contributed by atoms with E-state index in [1.54, 1.807) is 12.3 Å². The first-order valence-corrected chi connectivity index (χ1v) is 9.32. The van der Waals surface area contributed by atoms with Gasteiger partial charge in [0.05, 0.1) is 12.5 Å². The summed E-state index contributed by atoms with van der Waals surface area (Å²) >= 11 is 3.32. The van der Waals surface area contributed by atoms with Gasteiger partial charge in [0, 0.05) is 23.8 Å². The first-order chi connectivity index (χ1) is 11.6. The molecular weight excluding hydrogens is 443 g/mol. The second-order valence-electron chi connectivity index (χ2n) is 6.60. The van der Waals surface area contributed by atoms with Crippen LogP contribution in [0.25, 0.3) is 0 Å². The van der Waals surface area contributed by atoms with Gasteiger partial charge in [0.25, 0.3) is 0 Å². The molecular formula is C17H25BrCl2N4O2. The topological polar surface area (TPSA) is 74.3 Å². The standard InChI is InChI=1S/C17H23BrN4O2.2ClH/c18-14-5-6-15(20-9-14)21-17(24)13-2-1-7-22(11-13)16(23)10-19-8-12-3-4-12;;/h5-6,9,12-13,19H,1-4,7-8,10-11H2,(H,20,21,24);2*1H. The number of anilines is 1. The van der Waals surface area contributed by atoms with Crippen molar-refractivity contribution in [3.05, 3.63) is 22.8 Å². The van der Waals surface area contributed by atoms with Crippen LogP contribution in [0, 0.1) is 11.8 Å². The first kappa shape index (κ1) is 23.1. The minimum Gasteiger partial charge on any atom is -0.341 e. The highest BCUT2D eigenvalue weighted by Gasteiger charge is 2.29. The number of pyridine rings is 1. The third-order valence-corrected chi connectivity index (χ3v) is 5.00. The lowest BCUT2D eigenvalue weighted by Gasteiger charge is -2.32. The smallest absolute Gasteiger partial charge is 0.236 e. The van der Waals surface area contributed by atoms with Crippen LogP contribution in [0.15, 0.2) is 22.8 Å². The van der Waals surface area contributed by atoms with Crippen molar-refractivity contribution >= 4 is 58.4 Å². The van der Waals surface area contributed by atoms with E-state index < -0.39 is 0 Å². The van der Waals surface area contributed by atoms with Crippen LogP contribution in [-0.4, -0.2) is 47.9 Å². The molecule has 146 valence electrons. The summed E-state index contributed by atoms with van der Waals surface area (Å²) in [5.41, 5.74) is 0. The highest BCUT2D eigenvalue weighted by atomic mass is 79.9. The Morgan fingerprint density at radius 3 is 2.65 bits per heavy atom. The van der Waals surface area contributed by atoms with E-state index in [-0.39, 0.29) is 42.5 Å². The van der Waals surface area contributed by atoms with Crippen LogP contribution in [0.5, 0.6) is 0 Å². The zero-order valence-electron chi connectivity index (χ0n) is 14.4. The number of hydrogen-bond acceptors (Lipinski definition) is 4. The summed E-state index contributed by atoms with van der Waals surface area (Å²) in [6.45, 7) is 2.54. The number of piperidine rings is 1. The second kappa shape index (κ2) is 11.1. The first-order valence-electron chi connectivity index (χ1n) is 8.53. The number of halogens is 3. The molecule has 2 aliphatic rings. The fraction of sp³-hybridized carbons (Fsp3) is 0.588. The number of nitrogens with zero attached hydrogens (tertiary/aromatic N) is 2. The normalized spacial score (nSPS) is 19.1. The number of nitrogens with one attached hydrogen (secondary N) is 2. The summed E-state index contributed by atoms with van der Waals surface area (Å²) in [5.74, 6) is 1.16. The Morgan fingerprint density at radius 2 is 2.00 bits per heavy atom. The number of rotatable bonds is 6. The van der Waals surface area contributed by atoms with Gasteiger partial charge < -0.3 is 15.5 Å². The molecule has 1 aromatic heterocycles. The van der Waals surface area contributed by atoms with Crippen molar-refractivity contribution in [2.24, 2.45) is 11.8 Å². The van der Waals surface area contributed by atoms with Gasteiger partial charge in [0.15, 0.2) is 0 Å². The SMILES string of the molecule is Cl.Cl.O=C(Nc1ccc(Br)cn1)C1CCCN(C(=O)CNCC2CC2)C1. The Labute approximate surface area is 174 Å². The molecule has 9 heteroatoms. The van der Waals surface area contributed by atoms with Gasteiger partial charge in [-0.1, -0.05) is 0 Å². The maximum Gasteiger partial charge on any atom is 0.236 e. The molecule has 0 aromatic carbocycles. The summed E-state index contributed by atoms with van der Waals surface area (Å²) in [6, 6.07) is 3.60. The molecule has 1 atom stereocenters. The summed E-state index contributed by atoms with van der Waals surface area (Å²) in [6.07, 6.45) is 5.87. The van der Waals surface area contributed by atoms with Crippen LogP contribution < -0.4 is 10.6 Å². The van der Waals surface area contributed by atoms with Crippen LogP contribution in [0.4, 0.5) is 5.82 Å². The van der Waals surface area contributed by atoms with E-state index in [0.717, 1.165) is 36.3 Å². The third-order valence-electron chi connectivity index (χ3n) is 4.53. The van der Waals surface area contributed by atoms with E-state index >= 15 is 0 Å². The molecule has 26 heavy (non-hydrogen) atoms. The highest BCUT2D eigenvalue weighted by molar-refractivity contribution is 9.10. The van der Waals surface area contributed by atoms with Crippen molar-refractivity contribution in [3.63, 3.8) is 0 Å². The van der Waals surface area contributed by atoms with Crippen LogP contribution in [-0.2, 0) is 9.59 Å². The maximum absolute atomic E-state index is 12.4. The lowest BCUT2D eigenvalue weighted by Crippen LogP contribution is -2.46. The van der Waals surface area contributed by atoms with Gasteiger partial charge in [0.1, 0.15) is 5.82 Å². The molecule has 6 nitrogen and oxygen atoms in total. The summed E-state index contributed by atoms with van der Waals surface area (Å²) < 4.78 is 0.869. The van der Waals surface area contributed by atoms with Crippen molar-refractivity contribution in [2.45, 2.75) is 25.7 Å². The molecule has 1 aliphatic heterocycles. The van der Waals surface area contributed by atoms with Crippen LogP contribution in [0.1, 0.15) is 25.7 Å². The van der Waals surface area contributed by atoms with E-state index in [1.165, 1.54) is 12.8 Å². The molecule has 0 bridgehead atoms. The minimum absolute atomic E-state index is 0. The van der Waals surface area contributed by atoms with E-state index in [0.29, 0.717) is 18.9 Å². The fourth-order valence-corrected chi connectivity index (χ4v) is 3.15. The highest BCUT2D eigenvalue weighted by Crippen LogP contribution is 2.27. The molecule has 1 aliphatic carbocycles. The molecule has 1 aromatic rings. The molecule has 2 heterocycles. The number of hydrogen-bond donors (Lipinski definition) is 2. The molecule has 2 fully saturated rings. The second-order valence-corrected chi connectivity index (χ2v) is 7.52. The number of likely N-dealkylation sites (tertiary alicyclic amines) is 1. The lowest BCUT2D eigenvalue weighted by atomic mass is 9.97. The van der Waals surface area contributed by atoms with Gasteiger partial charge in [-0.25, -0.2) is 4.98 Å². The molecule has 2 N–H and O–H groups in total. The molecule has 1 saturated heterocycles. The van der Waals surface area contributed by atoms with E-state index in [1.807, 2.05) is 11.0 Å². The Balaban J connectivity index is 0.00000169. The van der Waals surface area contributed by atoms with Crippen LogP contribution in [0.3, 0.4) is 0 Å². The number of carbonyl (C=O) groups is 2. The van der Waals surface area contributed by atoms with Crippen LogP contribution in [0.2, 0.25) is 0 Å². The monoisotopic (exact) mass is 466 g/mol.